The molecule has 1 atom stereocenters. The lowest BCUT2D eigenvalue weighted by atomic mass is 9.96. The van der Waals surface area contributed by atoms with Crippen LogP contribution in [0.1, 0.15) is 33.6 Å². The fraction of sp³-hybridized carbons (Fsp3) is 1.00. The average Bonchev–Trinajstić information content (AvgIpc) is 2.14. The van der Waals surface area contributed by atoms with Crippen molar-refractivity contribution in [2.24, 2.45) is 5.73 Å². The Morgan fingerprint density at radius 2 is 1.73 bits per heavy atom. The van der Waals surface area contributed by atoms with Gasteiger partial charge in [-0.3, -0.25) is 4.90 Å². The number of alkyl halides is 3. The third-order valence-electron chi connectivity index (χ3n) is 2.83. The van der Waals surface area contributed by atoms with Crippen molar-refractivity contribution in [1.29, 1.82) is 0 Å². The van der Waals surface area contributed by atoms with Crippen molar-refractivity contribution in [3.63, 3.8) is 0 Å². The summed E-state index contributed by atoms with van der Waals surface area (Å²) in [6.07, 6.45) is -2.83. The molecule has 1 unspecified atom stereocenters. The van der Waals surface area contributed by atoms with Gasteiger partial charge < -0.3 is 5.73 Å². The normalized spacial score (nSPS) is 16.8. The highest BCUT2D eigenvalue weighted by molar-refractivity contribution is 4.87. The first-order valence-corrected chi connectivity index (χ1v) is 5.31. The summed E-state index contributed by atoms with van der Waals surface area (Å²) < 4.78 is 37.0. The summed E-state index contributed by atoms with van der Waals surface area (Å²) in [6.45, 7) is 5.33. The van der Waals surface area contributed by atoms with E-state index in [1.807, 2.05) is 13.8 Å². The zero-order chi connectivity index (χ0) is 12.1. The summed E-state index contributed by atoms with van der Waals surface area (Å²) in [5.74, 6) is 0. The second-order valence-corrected chi connectivity index (χ2v) is 4.09. The van der Waals surface area contributed by atoms with Crippen molar-refractivity contribution in [3.8, 4) is 0 Å². The number of nitrogens with two attached hydrogens (primary N) is 1. The van der Waals surface area contributed by atoms with Gasteiger partial charge in [0.1, 0.15) is 0 Å². The van der Waals surface area contributed by atoms with Crippen LogP contribution in [0.2, 0.25) is 0 Å². The van der Waals surface area contributed by atoms with E-state index in [0.717, 1.165) is 0 Å². The number of halogens is 3. The highest BCUT2D eigenvalue weighted by atomic mass is 19.4. The molecular weight excluding hydrogens is 205 g/mol. The van der Waals surface area contributed by atoms with E-state index in [2.05, 4.69) is 0 Å². The Hall–Kier alpha value is -0.290. The van der Waals surface area contributed by atoms with Crippen molar-refractivity contribution < 1.29 is 13.2 Å². The Labute approximate surface area is 89.6 Å². The van der Waals surface area contributed by atoms with Gasteiger partial charge in [0.05, 0.1) is 6.54 Å². The quantitative estimate of drug-likeness (QED) is 0.753. The van der Waals surface area contributed by atoms with Crippen LogP contribution >= 0.6 is 0 Å². The summed E-state index contributed by atoms with van der Waals surface area (Å²) in [5, 5.41) is 0. The lowest BCUT2D eigenvalue weighted by Crippen LogP contribution is -2.54. The molecule has 0 radical (unpaired) electrons. The molecule has 0 bridgehead atoms. The molecule has 0 aromatic rings. The van der Waals surface area contributed by atoms with Gasteiger partial charge in [-0.15, -0.1) is 0 Å². The monoisotopic (exact) mass is 226 g/mol. The second-order valence-electron chi connectivity index (χ2n) is 4.09. The zero-order valence-corrected chi connectivity index (χ0v) is 9.69. The van der Waals surface area contributed by atoms with Crippen molar-refractivity contribution in [2.45, 2.75) is 45.3 Å². The highest BCUT2D eigenvalue weighted by Crippen LogP contribution is 2.24. The minimum absolute atomic E-state index is 0.250. The third-order valence-corrected chi connectivity index (χ3v) is 2.83. The van der Waals surface area contributed by atoms with E-state index in [9.17, 15) is 13.2 Å². The van der Waals surface area contributed by atoms with E-state index in [1.165, 1.54) is 4.90 Å². The Kier molecular flexibility index (Phi) is 5.59. The maximum Gasteiger partial charge on any atom is 0.401 e. The molecule has 5 heteroatoms. The maximum atomic E-state index is 12.3. The van der Waals surface area contributed by atoms with E-state index >= 15 is 0 Å². The third kappa shape index (κ3) is 4.84. The molecule has 0 aliphatic heterocycles. The maximum absolute atomic E-state index is 12.3. The Bertz CT molecular complexity index is 176. The van der Waals surface area contributed by atoms with Crippen molar-refractivity contribution in [3.05, 3.63) is 0 Å². The molecule has 2 N–H and O–H groups in total. The standard InChI is InChI=1S/C10H21F3N2/c1-4-6-15(8-10(11,12)13)9(3,5-2)7-14/h4-8,14H2,1-3H3. The van der Waals surface area contributed by atoms with Gasteiger partial charge in [0.15, 0.2) is 0 Å². The predicted octanol–water partition coefficient (Wildman–Crippen LogP) is 2.39. The molecular formula is C10H21F3N2. The molecule has 0 aromatic carbocycles. The molecule has 2 nitrogen and oxygen atoms in total. The number of hydrogen-bond acceptors (Lipinski definition) is 2. The van der Waals surface area contributed by atoms with Crippen LogP contribution in [0.15, 0.2) is 0 Å². The lowest BCUT2D eigenvalue weighted by molar-refractivity contribution is -0.158. The fourth-order valence-corrected chi connectivity index (χ4v) is 1.52. The van der Waals surface area contributed by atoms with Gasteiger partial charge in [0.25, 0.3) is 0 Å². The minimum Gasteiger partial charge on any atom is -0.329 e. The smallest absolute Gasteiger partial charge is 0.329 e. The van der Waals surface area contributed by atoms with Crippen molar-refractivity contribution >= 4 is 0 Å². The minimum atomic E-state index is -4.15. The van der Waals surface area contributed by atoms with Crippen molar-refractivity contribution in [2.75, 3.05) is 19.6 Å². The summed E-state index contributed by atoms with van der Waals surface area (Å²) >= 11 is 0. The van der Waals surface area contributed by atoms with E-state index in [4.69, 9.17) is 5.73 Å². The van der Waals surface area contributed by atoms with E-state index in [-0.39, 0.29) is 6.54 Å². The fourth-order valence-electron chi connectivity index (χ4n) is 1.52. The van der Waals surface area contributed by atoms with Crippen LogP contribution in [0.4, 0.5) is 13.2 Å². The summed E-state index contributed by atoms with van der Waals surface area (Å²) in [4.78, 5) is 1.44. The van der Waals surface area contributed by atoms with Crippen LogP contribution < -0.4 is 5.73 Å². The molecule has 0 rings (SSSR count). The molecule has 0 saturated carbocycles. The van der Waals surface area contributed by atoms with Gasteiger partial charge >= 0.3 is 6.18 Å². The molecule has 0 aliphatic carbocycles. The molecule has 0 amide bonds. The van der Waals surface area contributed by atoms with E-state index in [1.54, 1.807) is 6.92 Å². The largest absolute Gasteiger partial charge is 0.401 e. The van der Waals surface area contributed by atoms with Crippen molar-refractivity contribution in [1.82, 2.24) is 4.90 Å². The molecule has 0 heterocycles. The number of rotatable bonds is 6. The predicted molar refractivity (Wildman–Crippen MR) is 55.7 cm³/mol. The Morgan fingerprint density at radius 1 is 1.20 bits per heavy atom. The first-order chi connectivity index (χ1) is 6.79. The highest BCUT2D eigenvalue weighted by Gasteiger charge is 2.37. The molecule has 0 fully saturated rings. The van der Waals surface area contributed by atoms with Gasteiger partial charge in [-0.2, -0.15) is 13.2 Å². The summed E-state index contributed by atoms with van der Waals surface area (Å²) in [6, 6.07) is 0. The first kappa shape index (κ1) is 14.7. The van der Waals surface area contributed by atoms with Gasteiger partial charge in [-0.1, -0.05) is 13.8 Å². The molecule has 0 saturated heterocycles. The van der Waals surface area contributed by atoms with Crippen LogP contribution in [0, 0.1) is 0 Å². The van der Waals surface area contributed by atoms with E-state index in [0.29, 0.717) is 19.4 Å². The molecule has 0 aromatic heterocycles. The van der Waals surface area contributed by atoms with Gasteiger partial charge in [-0.25, -0.2) is 0 Å². The van der Waals surface area contributed by atoms with Crippen LogP contribution in [-0.2, 0) is 0 Å². The molecule has 15 heavy (non-hydrogen) atoms. The SMILES string of the molecule is CCCN(CC(F)(F)F)C(C)(CC)CN. The van der Waals surface area contributed by atoms with Gasteiger partial charge in [-0.05, 0) is 26.3 Å². The average molecular weight is 226 g/mol. The molecule has 92 valence electrons. The van der Waals surface area contributed by atoms with Gasteiger partial charge in [0.2, 0.25) is 0 Å². The van der Waals surface area contributed by atoms with Crippen LogP contribution in [-0.4, -0.2) is 36.2 Å². The molecule has 0 aliphatic rings. The Balaban J connectivity index is 4.63. The topological polar surface area (TPSA) is 29.3 Å². The Morgan fingerprint density at radius 3 is 2.00 bits per heavy atom. The van der Waals surface area contributed by atoms with Crippen LogP contribution in [0.3, 0.4) is 0 Å². The van der Waals surface area contributed by atoms with E-state index < -0.39 is 18.3 Å². The lowest BCUT2D eigenvalue weighted by Gasteiger charge is -2.40. The second kappa shape index (κ2) is 5.70. The number of nitrogens with zero attached hydrogens (tertiary/aromatic N) is 1. The summed E-state index contributed by atoms with van der Waals surface area (Å²) in [7, 11) is 0. The summed E-state index contributed by atoms with van der Waals surface area (Å²) in [5.41, 5.74) is 5.01. The number of hydrogen-bond donors (Lipinski definition) is 1. The van der Waals surface area contributed by atoms with Crippen LogP contribution in [0.25, 0.3) is 0 Å². The zero-order valence-electron chi connectivity index (χ0n) is 9.69. The van der Waals surface area contributed by atoms with Gasteiger partial charge in [0, 0.05) is 12.1 Å². The van der Waals surface area contributed by atoms with Crippen LogP contribution in [0.5, 0.6) is 0 Å². The molecule has 0 spiro atoms. The first-order valence-electron chi connectivity index (χ1n) is 5.31.